The van der Waals surface area contributed by atoms with Gasteiger partial charge in [0.15, 0.2) is 0 Å². The van der Waals surface area contributed by atoms with Gasteiger partial charge in [0.25, 0.3) is 5.91 Å². The number of hydrazine groups is 1. The molecule has 156 valence electrons. The number of benzene rings is 3. The molecule has 0 radical (unpaired) electrons. The van der Waals surface area contributed by atoms with E-state index in [9.17, 15) is 13.2 Å². The minimum atomic E-state index is -3.74. The molecule has 0 aromatic heterocycles. The first-order valence-electron chi connectivity index (χ1n) is 8.98. The van der Waals surface area contributed by atoms with Crippen LogP contribution < -0.4 is 26.0 Å². The number of carbonyl (C=O) groups excluding carboxylic acids is 1. The molecule has 0 fully saturated rings. The summed E-state index contributed by atoms with van der Waals surface area (Å²) >= 11 is 0. The highest BCUT2D eigenvalue weighted by atomic mass is 32.2. The average Bonchev–Trinajstić information content (AvgIpc) is 2.74. The van der Waals surface area contributed by atoms with Gasteiger partial charge in [0, 0.05) is 17.3 Å². The van der Waals surface area contributed by atoms with Crippen LogP contribution >= 0.6 is 0 Å². The predicted molar refractivity (Wildman–Crippen MR) is 117 cm³/mol. The Kier molecular flexibility index (Phi) is 6.24. The summed E-state index contributed by atoms with van der Waals surface area (Å²) in [6.45, 7) is 1.87. The van der Waals surface area contributed by atoms with Gasteiger partial charge in [0.05, 0.1) is 23.4 Å². The third-order valence-electron chi connectivity index (χ3n) is 4.36. The van der Waals surface area contributed by atoms with E-state index in [1.54, 1.807) is 42.5 Å². The van der Waals surface area contributed by atoms with Crippen LogP contribution in [0.4, 0.5) is 17.1 Å². The molecule has 8 nitrogen and oxygen atoms in total. The van der Waals surface area contributed by atoms with Crippen molar-refractivity contribution in [3.8, 4) is 5.75 Å². The first-order chi connectivity index (χ1) is 14.3. The number of nitrogens with one attached hydrogen (secondary N) is 3. The number of carbonyl (C=O) groups is 1. The number of methoxy groups -OCH3 is 1. The lowest BCUT2D eigenvalue weighted by molar-refractivity contribution is 0.102. The van der Waals surface area contributed by atoms with E-state index in [1.165, 1.54) is 19.2 Å². The Balaban J connectivity index is 1.74. The normalized spacial score (nSPS) is 10.9. The number of aryl methyl sites for hydroxylation is 1. The smallest absolute Gasteiger partial charge is 0.255 e. The van der Waals surface area contributed by atoms with Crippen molar-refractivity contribution in [3.63, 3.8) is 0 Å². The molecule has 0 aliphatic carbocycles. The Bertz CT molecular complexity index is 1150. The molecule has 3 rings (SSSR count). The fraction of sp³-hybridized carbons (Fsp3) is 0.0952. The molecule has 5 N–H and O–H groups in total. The Morgan fingerprint density at radius 3 is 2.20 bits per heavy atom. The number of anilines is 3. The maximum Gasteiger partial charge on any atom is 0.255 e. The number of rotatable bonds is 7. The third-order valence-corrected chi connectivity index (χ3v) is 5.28. The first-order valence-corrected chi connectivity index (χ1v) is 10.5. The molecule has 0 unspecified atom stereocenters. The molecule has 0 aliphatic rings. The fourth-order valence-corrected chi connectivity index (χ4v) is 3.26. The molecule has 3 aromatic rings. The van der Waals surface area contributed by atoms with Gasteiger partial charge in [-0.15, -0.1) is 0 Å². The Morgan fingerprint density at radius 1 is 0.933 bits per heavy atom. The molecule has 3 aromatic carbocycles. The summed E-state index contributed by atoms with van der Waals surface area (Å²) in [5.74, 6) is 0.298. The van der Waals surface area contributed by atoms with E-state index in [4.69, 9.17) is 9.88 Å². The molecule has 1 amide bonds. The quantitative estimate of drug-likeness (QED) is 0.430. The van der Waals surface area contributed by atoms with Crippen LogP contribution in [0.5, 0.6) is 5.75 Å². The molecule has 0 atom stereocenters. The van der Waals surface area contributed by atoms with E-state index < -0.39 is 10.0 Å². The molecule has 0 saturated heterocycles. The summed E-state index contributed by atoms with van der Waals surface area (Å²) < 4.78 is 28.1. The van der Waals surface area contributed by atoms with Crippen LogP contribution in [0.25, 0.3) is 0 Å². The maximum absolute atomic E-state index is 12.4. The predicted octanol–water partition coefficient (Wildman–Crippen LogP) is 3.34. The highest BCUT2D eigenvalue weighted by Gasteiger charge is 2.12. The summed E-state index contributed by atoms with van der Waals surface area (Å²) in [7, 11) is -2.21. The van der Waals surface area contributed by atoms with Crippen LogP contribution in [0, 0.1) is 6.92 Å². The van der Waals surface area contributed by atoms with Gasteiger partial charge in [-0.1, -0.05) is 18.2 Å². The topological polar surface area (TPSA) is 123 Å². The first kappa shape index (κ1) is 21.2. The highest BCUT2D eigenvalue weighted by Crippen LogP contribution is 2.31. The number of sulfonamides is 1. The Labute approximate surface area is 175 Å². The summed E-state index contributed by atoms with van der Waals surface area (Å²) in [4.78, 5) is 12.5. The van der Waals surface area contributed by atoms with Gasteiger partial charge in [-0.3, -0.25) is 10.2 Å². The van der Waals surface area contributed by atoms with Gasteiger partial charge in [-0.25, -0.2) is 13.6 Å². The Hall–Kier alpha value is -3.56. The summed E-state index contributed by atoms with van der Waals surface area (Å²) in [5, 5.41) is 7.99. The van der Waals surface area contributed by atoms with Crippen LogP contribution in [0.15, 0.2) is 71.6 Å². The molecule has 30 heavy (non-hydrogen) atoms. The number of ether oxygens (including phenoxy) is 1. The fourth-order valence-electron chi connectivity index (χ4n) is 2.74. The lowest BCUT2D eigenvalue weighted by Crippen LogP contribution is -2.14. The van der Waals surface area contributed by atoms with Crippen molar-refractivity contribution in [3.05, 3.63) is 77.9 Å². The molecule has 9 heteroatoms. The van der Waals surface area contributed by atoms with E-state index in [0.29, 0.717) is 28.4 Å². The Morgan fingerprint density at radius 2 is 1.60 bits per heavy atom. The summed E-state index contributed by atoms with van der Waals surface area (Å²) in [5.41, 5.74) is 9.28. The monoisotopic (exact) mass is 426 g/mol. The molecular formula is C21H22N4O4S. The molecule has 0 spiro atoms. The van der Waals surface area contributed by atoms with Crippen LogP contribution in [0.1, 0.15) is 15.9 Å². The average molecular weight is 426 g/mol. The second-order valence-corrected chi connectivity index (χ2v) is 8.07. The second kappa shape index (κ2) is 8.85. The van der Waals surface area contributed by atoms with Crippen LogP contribution in [-0.2, 0) is 10.0 Å². The standard InChI is InChI=1S/C21H22N4O4S/c1-14-12-19(25-24-16-8-10-17(11-9-16)30(22,27)28)20(29-2)13-18(14)23-21(26)15-6-4-3-5-7-15/h3-13,24-25H,1-2H3,(H,23,26)(H2,22,27,28). The van der Waals surface area contributed by atoms with Gasteiger partial charge in [-0.05, 0) is 55.0 Å². The van der Waals surface area contributed by atoms with E-state index in [1.807, 2.05) is 19.1 Å². The molecular weight excluding hydrogens is 404 g/mol. The number of hydrogen-bond donors (Lipinski definition) is 4. The van der Waals surface area contributed by atoms with Crippen molar-refractivity contribution >= 4 is 33.0 Å². The number of primary sulfonamides is 1. The lowest BCUT2D eigenvalue weighted by Gasteiger charge is -2.17. The van der Waals surface area contributed by atoms with Crippen molar-refractivity contribution in [2.45, 2.75) is 11.8 Å². The van der Waals surface area contributed by atoms with Crippen molar-refractivity contribution in [1.29, 1.82) is 0 Å². The molecule has 0 aliphatic heterocycles. The van der Waals surface area contributed by atoms with Gasteiger partial charge in [0.1, 0.15) is 5.75 Å². The maximum atomic E-state index is 12.4. The lowest BCUT2D eigenvalue weighted by atomic mass is 10.1. The molecule has 0 bridgehead atoms. The minimum absolute atomic E-state index is 0.0278. The van der Waals surface area contributed by atoms with Gasteiger partial charge in [0.2, 0.25) is 10.0 Å². The van der Waals surface area contributed by atoms with E-state index >= 15 is 0 Å². The number of hydrogen-bond acceptors (Lipinski definition) is 6. The zero-order valence-corrected chi connectivity index (χ0v) is 17.3. The minimum Gasteiger partial charge on any atom is -0.494 e. The van der Waals surface area contributed by atoms with Crippen LogP contribution in [-0.4, -0.2) is 21.4 Å². The molecule has 0 heterocycles. The summed E-state index contributed by atoms with van der Waals surface area (Å²) in [6.07, 6.45) is 0. The third kappa shape index (κ3) is 5.07. The van der Waals surface area contributed by atoms with Gasteiger partial charge >= 0.3 is 0 Å². The molecule has 0 saturated carbocycles. The van der Waals surface area contributed by atoms with Gasteiger partial charge < -0.3 is 15.5 Å². The van der Waals surface area contributed by atoms with Crippen LogP contribution in [0.2, 0.25) is 0 Å². The summed E-state index contributed by atoms with van der Waals surface area (Å²) in [6, 6.07) is 18.5. The van der Waals surface area contributed by atoms with Gasteiger partial charge in [-0.2, -0.15) is 0 Å². The van der Waals surface area contributed by atoms with E-state index in [2.05, 4.69) is 16.2 Å². The SMILES string of the molecule is COc1cc(NC(=O)c2ccccc2)c(C)cc1NNc1ccc(S(N)(=O)=O)cc1. The second-order valence-electron chi connectivity index (χ2n) is 6.51. The van der Waals surface area contributed by atoms with Crippen molar-refractivity contribution in [2.24, 2.45) is 5.14 Å². The van der Waals surface area contributed by atoms with Crippen molar-refractivity contribution < 1.29 is 17.9 Å². The highest BCUT2D eigenvalue weighted by molar-refractivity contribution is 7.89. The van der Waals surface area contributed by atoms with Crippen molar-refractivity contribution in [2.75, 3.05) is 23.3 Å². The van der Waals surface area contributed by atoms with Crippen LogP contribution in [0.3, 0.4) is 0 Å². The largest absolute Gasteiger partial charge is 0.494 e. The van der Waals surface area contributed by atoms with E-state index in [-0.39, 0.29) is 10.8 Å². The number of amides is 1. The zero-order chi connectivity index (χ0) is 21.7. The van der Waals surface area contributed by atoms with Crippen molar-refractivity contribution in [1.82, 2.24) is 0 Å². The number of nitrogens with two attached hydrogens (primary N) is 1. The van der Waals surface area contributed by atoms with E-state index in [0.717, 1.165) is 5.56 Å². The zero-order valence-electron chi connectivity index (χ0n) is 16.5.